The highest BCUT2D eigenvalue weighted by atomic mass is 19.4. The van der Waals surface area contributed by atoms with Gasteiger partial charge in [-0.25, -0.2) is 0 Å². The Morgan fingerprint density at radius 1 is 0.966 bits per heavy atom. The Labute approximate surface area is 168 Å². The van der Waals surface area contributed by atoms with E-state index in [1.165, 1.54) is 17.0 Å². The molecule has 1 fully saturated rings. The van der Waals surface area contributed by atoms with E-state index < -0.39 is 11.7 Å². The van der Waals surface area contributed by atoms with Crippen molar-refractivity contribution in [3.63, 3.8) is 0 Å². The zero-order valence-corrected chi connectivity index (χ0v) is 16.1. The van der Waals surface area contributed by atoms with E-state index in [0.717, 1.165) is 55.5 Å². The molecule has 0 aliphatic carbocycles. The second-order valence-electron chi connectivity index (χ2n) is 7.22. The van der Waals surface area contributed by atoms with Gasteiger partial charge in [-0.05, 0) is 30.3 Å². The quantitative estimate of drug-likeness (QED) is 0.624. The maximum Gasteiger partial charge on any atom is 0.416 e. The van der Waals surface area contributed by atoms with Gasteiger partial charge in [-0.3, -0.25) is 4.79 Å². The molecule has 0 bridgehead atoms. The number of piperazine rings is 1. The number of amides is 1. The molecule has 1 amide bonds. The maximum atomic E-state index is 12.8. The van der Waals surface area contributed by atoms with Crippen LogP contribution in [0.4, 0.5) is 18.9 Å². The molecule has 2 aromatic rings. The third-order valence-electron chi connectivity index (χ3n) is 5.02. The highest BCUT2D eigenvalue weighted by Gasteiger charge is 2.30. The van der Waals surface area contributed by atoms with E-state index in [4.69, 9.17) is 4.74 Å². The fraction of sp³-hybridized carbons (Fsp3) is 0.381. The first kappa shape index (κ1) is 21.1. The Balaban J connectivity index is 1.37. The lowest BCUT2D eigenvalue weighted by atomic mass is 10.2. The van der Waals surface area contributed by atoms with E-state index in [1.54, 1.807) is 0 Å². The van der Waals surface area contributed by atoms with Gasteiger partial charge in [-0.2, -0.15) is 13.2 Å². The van der Waals surface area contributed by atoms with E-state index in [9.17, 15) is 18.0 Å². The summed E-state index contributed by atoms with van der Waals surface area (Å²) in [6, 6.07) is 14.4. The lowest BCUT2D eigenvalue weighted by Crippen LogP contribution is -3.28. The Morgan fingerprint density at radius 2 is 1.66 bits per heavy atom. The maximum absolute atomic E-state index is 12.8. The smallest absolute Gasteiger partial charge is 0.416 e. The summed E-state index contributed by atoms with van der Waals surface area (Å²) in [6.45, 7) is 5.36. The Hall–Kier alpha value is -2.58. The molecule has 29 heavy (non-hydrogen) atoms. The van der Waals surface area contributed by atoms with Gasteiger partial charge in [-0.15, -0.1) is 0 Å². The van der Waals surface area contributed by atoms with Crippen LogP contribution in [-0.4, -0.2) is 51.8 Å². The number of anilines is 1. The summed E-state index contributed by atoms with van der Waals surface area (Å²) in [5.41, 5.74) is -0.593. The van der Waals surface area contributed by atoms with E-state index in [0.29, 0.717) is 6.61 Å². The topological polar surface area (TPSA) is 47.2 Å². The molecule has 8 heteroatoms. The molecule has 3 rings (SSSR count). The van der Waals surface area contributed by atoms with Crippen LogP contribution in [0.5, 0.6) is 5.75 Å². The Morgan fingerprint density at radius 3 is 2.34 bits per heavy atom. The third-order valence-corrected chi connectivity index (χ3v) is 5.02. The number of carbonyl (C=O) groups is 1. The molecule has 0 aromatic heterocycles. The zero-order chi connectivity index (χ0) is 20.7. The van der Waals surface area contributed by atoms with Crippen LogP contribution in [0, 0.1) is 0 Å². The van der Waals surface area contributed by atoms with Gasteiger partial charge in [0, 0.05) is 5.69 Å². The first-order valence-corrected chi connectivity index (χ1v) is 9.72. The van der Waals surface area contributed by atoms with Gasteiger partial charge in [0.1, 0.15) is 45.1 Å². The van der Waals surface area contributed by atoms with Crippen molar-refractivity contribution in [1.82, 2.24) is 0 Å². The highest BCUT2D eigenvalue weighted by Crippen LogP contribution is 2.30. The summed E-state index contributed by atoms with van der Waals surface area (Å²) in [7, 11) is 0. The Kier molecular flexibility index (Phi) is 7.11. The molecule has 1 heterocycles. The van der Waals surface area contributed by atoms with E-state index in [1.807, 2.05) is 30.3 Å². The molecule has 156 valence electrons. The van der Waals surface area contributed by atoms with Crippen LogP contribution < -0.4 is 19.9 Å². The molecule has 3 N–H and O–H groups in total. The van der Waals surface area contributed by atoms with Crippen molar-refractivity contribution in [3.8, 4) is 5.75 Å². The van der Waals surface area contributed by atoms with Gasteiger partial charge in [0.25, 0.3) is 5.91 Å². The van der Waals surface area contributed by atoms with E-state index in [-0.39, 0.29) is 18.1 Å². The molecule has 1 aliphatic heterocycles. The normalized spacial score (nSPS) is 19.6. The summed E-state index contributed by atoms with van der Waals surface area (Å²) < 4.78 is 44.0. The van der Waals surface area contributed by atoms with Crippen molar-refractivity contribution < 1.29 is 32.5 Å². The van der Waals surface area contributed by atoms with Gasteiger partial charge in [0.2, 0.25) is 0 Å². The predicted molar refractivity (Wildman–Crippen MR) is 103 cm³/mol. The van der Waals surface area contributed by atoms with Crippen LogP contribution in [-0.2, 0) is 11.0 Å². The average Bonchev–Trinajstić information content (AvgIpc) is 2.70. The number of hydrogen-bond donors (Lipinski definition) is 3. The molecule has 0 radical (unpaired) electrons. The van der Waals surface area contributed by atoms with Crippen LogP contribution >= 0.6 is 0 Å². The average molecular weight is 409 g/mol. The molecule has 0 saturated carbocycles. The van der Waals surface area contributed by atoms with Crippen LogP contribution in [0.3, 0.4) is 0 Å². The van der Waals surface area contributed by atoms with Crippen molar-refractivity contribution in [2.75, 3.05) is 51.2 Å². The highest BCUT2D eigenvalue weighted by molar-refractivity contribution is 5.91. The van der Waals surface area contributed by atoms with Gasteiger partial charge >= 0.3 is 6.18 Å². The largest absolute Gasteiger partial charge is 0.488 e. The molecular weight excluding hydrogens is 383 g/mol. The second-order valence-corrected chi connectivity index (χ2v) is 7.22. The number of halogens is 3. The SMILES string of the molecule is O=C(C[NH+]1CC[NH+](CCOc2ccccc2)CC1)Nc1cccc(C(F)(F)F)c1. The number of nitrogens with one attached hydrogen (secondary N) is 3. The molecule has 0 atom stereocenters. The second kappa shape index (κ2) is 9.76. The van der Waals surface area contributed by atoms with Crippen LogP contribution in [0.15, 0.2) is 54.6 Å². The monoisotopic (exact) mass is 409 g/mol. The number of para-hydroxylation sites is 1. The van der Waals surface area contributed by atoms with Crippen molar-refractivity contribution >= 4 is 11.6 Å². The fourth-order valence-electron chi connectivity index (χ4n) is 3.42. The van der Waals surface area contributed by atoms with E-state index >= 15 is 0 Å². The molecule has 0 unspecified atom stereocenters. The standard InChI is InChI=1S/C21H24F3N3O2/c22-21(23,24)17-5-4-6-18(15-17)25-20(28)16-27-11-9-26(10-12-27)13-14-29-19-7-2-1-3-8-19/h1-8,15H,9-14,16H2,(H,25,28)/p+2. The number of carbonyl (C=O) groups excluding carboxylic acids is 1. The zero-order valence-electron chi connectivity index (χ0n) is 16.1. The fourth-order valence-corrected chi connectivity index (χ4v) is 3.42. The molecule has 1 saturated heterocycles. The predicted octanol–water partition coefficient (Wildman–Crippen LogP) is 0.506. The van der Waals surface area contributed by atoms with Gasteiger partial charge in [0.05, 0.1) is 5.56 Å². The first-order chi connectivity index (χ1) is 13.9. The number of rotatable bonds is 7. The van der Waals surface area contributed by atoms with Crippen LogP contribution in [0.2, 0.25) is 0 Å². The minimum atomic E-state index is -4.42. The minimum absolute atomic E-state index is 0.173. The molecular formula is C21H26F3N3O2+2. The molecule has 0 spiro atoms. The van der Waals surface area contributed by atoms with Crippen molar-refractivity contribution in [2.24, 2.45) is 0 Å². The Bertz CT molecular complexity index is 791. The van der Waals surface area contributed by atoms with Crippen LogP contribution in [0.1, 0.15) is 5.56 Å². The lowest BCUT2D eigenvalue weighted by molar-refractivity contribution is -1.01. The van der Waals surface area contributed by atoms with Crippen molar-refractivity contribution in [2.45, 2.75) is 6.18 Å². The van der Waals surface area contributed by atoms with E-state index in [2.05, 4.69) is 5.32 Å². The third kappa shape index (κ3) is 6.76. The summed E-state index contributed by atoms with van der Waals surface area (Å²) in [6.07, 6.45) is -4.42. The summed E-state index contributed by atoms with van der Waals surface area (Å²) in [5.74, 6) is 0.595. The number of quaternary nitrogens is 2. The molecule has 5 nitrogen and oxygen atoms in total. The number of hydrogen-bond acceptors (Lipinski definition) is 2. The summed E-state index contributed by atoms with van der Waals surface area (Å²) in [5, 5.41) is 2.58. The van der Waals surface area contributed by atoms with Gasteiger partial charge in [-0.1, -0.05) is 24.3 Å². The van der Waals surface area contributed by atoms with Crippen LogP contribution in [0.25, 0.3) is 0 Å². The van der Waals surface area contributed by atoms with Gasteiger partial charge < -0.3 is 19.9 Å². The minimum Gasteiger partial charge on any atom is -0.488 e. The lowest BCUT2D eigenvalue weighted by Gasteiger charge is -2.29. The van der Waals surface area contributed by atoms with Crippen molar-refractivity contribution in [1.29, 1.82) is 0 Å². The molecule has 2 aromatic carbocycles. The summed E-state index contributed by atoms with van der Waals surface area (Å²) in [4.78, 5) is 14.8. The number of benzene rings is 2. The molecule has 1 aliphatic rings. The first-order valence-electron chi connectivity index (χ1n) is 9.72. The van der Waals surface area contributed by atoms with Gasteiger partial charge in [0.15, 0.2) is 6.54 Å². The number of alkyl halides is 3. The van der Waals surface area contributed by atoms with Crippen molar-refractivity contribution in [3.05, 3.63) is 60.2 Å². The number of ether oxygens (including phenoxy) is 1. The summed E-state index contributed by atoms with van der Waals surface area (Å²) >= 11 is 0.